The van der Waals surface area contributed by atoms with Gasteiger partial charge in [0.05, 0.1) is 16.8 Å². The van der Waals surface area contributed by atoms with Crippen molar-refractivity contribution >= 4 is 22.7 Å². The molecule has 21 heavy (non-hydrogen) atoms. The summed E-state index contributed by atoms with van der Waals surface area (Å²) in [7, 11) is 0. The van der Waals surface area contributed by atoms with Gasteiger partial charge >= 0.3 is 6.18 Å². The summed E-state index contributed by atoms with van der Waals surface area (Å²) in [6.07, 6.45) is -3.49. The number of halogens is 3. The third-order valence-corrected chi connectivity index (χ3v) is 2.57. The normalized spacial score (nSPS) is 11.2. The molecule has 6 nitrogen and oxygen atoms in total. The lowest BCUT2D eigenvalue weighted by Gasteiger charge is -2.09. The van der Waals surface area contributed by atoms with Crippen molar-refractivity contribution in [1.29, 1.82) is 0 Å². The molecule has 0 aliphatic carbocycles. The van der Waals surface area contributed by atoms with E-state index in [9.17, 15) is 23.3 Å². The lowest BCUT2D eigenvalue weighted by molar-refractivity contribution is -0.383. The van der Waals surface area contributed by atoms with Crippen LogP contribution in [0.1, 0.15) is 5.69 Å². The Bertz CT molecular complexity index is 671. The summed E-state index contributed by atoms with van der Waals surface area (Å²) in [5.74, 6) is 0. The molecule has 110 valence electrons. The van der Waals surface area contributed by atoms with Gasteiger partial charge in [-0.1, -0.05) is 0 Å². The van der Waals surface area contributed by atoms with Crippen molar-refractivity contribution in [3.8, 4) is 0 Å². The molecule has 2 aromatic rings. The zero-order valence-electron chi connectivity index (χ0n) is 10.4. The van der Waals surface area contributed by atoms with E-state index in [1.54, 1.807) is 0 Å². The second-order valence-corrected chi connectivity index (χ2v) is 4.09. The van der Waals surface area contributed by atoms with Crippen LogP contribution in [0.5, 0.6) is 0 Å². The molecule has 2 rings (SSSR count). The van der Waals surface area contributed by atoms with Gasteiger partial charge in [-0.05, 0) is 24.3 Å². The predicted molar refractivity (Wildman–Crippen MR) is 70.0 cm³/mol. The highest BCUT2D eigenvalue weighted by molar-refractivity contribution is 5.69. The number of benzene rings is 1. The first-order valence-electron chi connectivity index (χ1n) is 5.61. The zero-order chi connectivity index (χ0) is 15.6. The number of alkyl halides is 3. The number of nitrogen functional groups attached to an aromatic ring is 1. The zero-order valence-corrected chi connectivity index (χ0v) is 10.4. The first-order valence-corrected chi connectivity index (χ1v) is 5.61. The average Bonchev–Trinajstić information content (AvgIpc) is 2.38. The smallest absolute Gasteiger partial charge is 0.393 e. The molecular weight excluding hydrogens is 289 g/mol. The fourth-order valence-electron chi connectivity index (χ4n) is 1.60. The van der Waals surface area contributed by atoms with Crippen molar-refractivity contribution in [2.45, 2.75) is 6.18 Å². The summed E-state index contributed by atoms with van der Waals surface area (Å²) >= 11 is 0. The highest BCUT2D eigenvalue weighted by Crippen LogP contribution is 2.29. The lowest BCUT2D eigenvalue weighted by Crippen LogP contribution is -2.07. The number of anilines is 3. The highest BCUT2D eigenvalue weighted by atomic mass is 19.4. The second-order valence-electron chi connectivity index (χ2n) is 4.09. The Morgan fingerprint density at radius 3 is 2.33 bits per heavy atom. The topological polar surface area (TPSA) is 94.1 Å². The Hall–Kier alpha value is -2.84. The van der Waals surface area contributed by atoms with Gasteiger partial charge in [-0.15, -0.1) is 0 Å². The quantitative estimate of drug-likeness (QED) is 0.515. The number of nitro groups is 1. The summed E-state index contributed by atoms with van der Waals surface area (Å²) in [6.45, 7) is 0. The molecule has 0 aliphatic heterocycles. The van der Waals surface area contributed by atoms with E-state index in [0.29, 0.717) is 11.4 Å². The van der Waals surface area contributed by atoms with E-state index < -0.39 is 16.8 Å². The molecule has 0 atom stereocenters. The average molecular weight is 298 g/mol. The second kappa shape index (κ2) is 5.27. The fraction of sp³-hybridized carbons (Fsp3) is 0.0833. The van der Waals surface area contributed by atoms with Gasteiger partial charge in [0.1, 0.15) is 11.4 Å². The number of hydrogen-bond acceptors (Lipinski definition) is 5. The molecule has 0 amide bonds. The van der Waals surface area contributed by atoms with E-state index in [1.807, 2.05) is 0 Å². The van der Waals surface area contributed by atoms with Crippen molar-refractivity contribution in [2.24, 2.45) is 0 Å². The molecule has 1 aromatic heterocycles. The SMILES string of the molecule is Nc1cc(Nc2ccc(C(F)(F)F)nc2)ccc1[N+](=O)[O-]. The number of nitrogens with zero attached hydrogens (tertiary/aromatic N) is 2. The monoisotopic (exact) mass is 298 g/mol. The first kappa shape index (κ1) is 14.6. The number of nitrogens with one attached hydrogen (secondary N) is 1. The molecular formula is C12H9F3N4O2. The molecule has 1 heterocycles. The number of aromatic nitrogens is 1. The maximum atomic E-state index is 12.4. The van der Waals surface area contributed by atoms with Crippen LogP contribution in [0.25, 0.3) is 0 Å². The maximum Gasteiger partial charge on any atom is 0.433 e. The molecule has 0 saturated carbocycles. The van der Waals surface area contributed by atoms with Gasteiger partial charge in [0.15, 0.2) is 0 Å². The van der Waals surface area contributed by atoms with Crippen LogP contribution in [0.4, 0.5) is 35.9 Å². The Morgan fingerprint density at radius 1 is 1.19 bits per heavy atom. The van der Waals surface area contributed by atoms with Crippen molar-refractivity contribution in [2.75, 3.05) is 11.1 Å². The molecule has 0 bridgehead atoms. The minimum absolute atomic E-state index is 0.0510. The van der Waals surface area contributed by atoms with Gasteiger partial charge in [0.2, 0.25) is 0 Å². The van der Waals surface area contributed by atoms with Crippen molar-refractivity contribution in [3.05, 3.63) is 52.3 Å². The van der Waals surface area contributed by atoms with Gasteiger partial charge in [-0.25, -0.2) is 4.98 Å². The molecule has 0 unspecified atom stereocenters. The molecule has 0 saturated heterocycles. The number of nitrogens with two attached hydrogens (primary N) is 1. The summed E-state index contributed by atoms with van der Waals surface area (Å²) in [4.78, 5) is 13.3. The maximum absolute atomic E-state index is 12.4. The molecule has 0 aliphatic rings. The Labute approximate surface area is 116 Å². The minimum atomic E-state index is -4.50. The number of nitro benzene ring substituents is 1. The molecule has 0 radical (unpaired) electrons. The van der Waals surface area contributed by atoms with E-state index in [-0.39, 0.29) is 11.4 Å². The largest absolute Gasteiger partial charge is 0.433 e. The first-order chi connectivity index (χ1) is 9.77. The van der Waals surface area contributed by atoms with Gasteiger partial charge in [0, 0.05) is 11.8 Å². The predicted octanol–water partition coefficient (Wildman–Crippen LogP) is 3.33. The van der Waals surface area contributed by atoms with Gasteiger partial charge in [0.25, 0.3) is 5.69 Å². The van der Waals surface area contributed by atoms with Crippen LogP contribution >= 0.6 is 0 Å². The number of pyridine rings is 1. The Morgan fingerprint density at radius 2 is 1.86 bits per heavy atom. The van der Waals surface area contributed by atoms with E-state index >= 15 is 0 Å². The standard InChI is InChI=1S/C12H9F3N4O2/c13-12(14,15)11-4-2-8(6-17-11)18-7-1-3-10(19(20)21)9(16)5-7/h1-6,18H,16H2. The van der Waals surface area contributed by atoms with E-state index in [2.05, 4.69) is 10.3 Å². The van der Waals surface area contributed by atoms with Gasteiger partial charge < -0.3 is 11.1 Å². The molecule has 0 fully saturated rings. The molecule has 3 N–H and O–H groups in total. The van der Waals surface area contributed by atoms with Gasteiger partial charge in [-0.3, -0.25) is 10.1 Å². The highest BCUT2D eigenvalue weighted by Gasteiger charge is 2.32. The van der Waals surface area contributed by atoms with Crippen LogP contribution in [0.15, 0.2) is 36.5 Å². The Balaban J connectivity index is 2.19. The molecule has 9 heteroatoms. The third-order valence-electron chi connectivity index (χ3n) is 2.57. The summed E-state index contributed by atoms with van der Waals surface area (Å²) in [5, 5.41) is 13.4. The van der Waals surface area contributed by atoms with E-state index in [1.165, 1.54) is 24.3 Å². The van der Waals surface area contributed by atoms with E-state index in [4.69, 9.17) is 5.73 Å². The Kier molecular flexibility index (Phi) is 3.66. The fourth-order valence-corrected chi connectivity index (χ4v) is 1.60. The summed E-state index contributed by atoms with van der Waals surface area (Å²) < 4.78 is 37.1. The summed E-state index contributed by atoms with van der Waals surface area (Å²) in [6, 6.07) is 5.95. The summed E-state index contributed by atoms with van der Waals surface area (Å²) in [5.41, 5.74) is 4.92. The number of rotatable bonds is 3. The van der Waals surface area contributed by atoms with E-state index in [0.717, 1.165) is 12.3 Å². The number of hydrogen-bond donors (Lipinski definition) is 2. The van der Waals surface area contributed by atoms with Crippen molar-refractivity contribution in [3.63, 3.8) is 0 Å². The lowest BCUT2D eigenvalue weighted by atomic mass is 10.2. The molecule has 0 spiro atoms. The third kappa shape index (κ3) is 3.38. The van der Waals surface area contributed by atoms with Crippen LogP contribution in [-0.4, -0.2) is 9.91 Å². The van der Waals surface area contributed by atoms with Crippen molar-refractivity contribution < 1.29 is 18.1 Å². The van der Waals surface area contributed by atoms with Crippen LogP contribution in [0.3, 0.4) is 0 Å². The van der Waals surface area contributed by atoms with Crippen molar-refractivity contribution in [1.82, 2.24) is 4.98 Å². The minimum Gasteiger partial charge on any atom is -0.393 e. The van der Waals surface area contributed by atoms with Crippen LogP contribution < -0.4 is 11.1 Å². The van der Waals surface area contributed by atoms with Gasteiger partial charge in [-0.2, -0.15) is 13.2 Å². The van der Waals surface area contributed by atoms with Crippen LogP contribution in [-0.2, 0) is 6.18 Å². The molecule has 1 aromatic carbocycles. The van der Waals surface area contributed by atoms with Crippen LogP contribution in [0, 0.1) is 10.1 Å². The van der Waals surface area contributed by atoms with Crippen LogP contribution in [0.2, 0.25) is 0 Å².